The van der Waals surface area contributed by atoms with Gasteiger partial charge in [0, 0.05) is 0 Å². The summed E-state index contributed by atoms with van der Waals surface area (Å²) in [6.45, 7) is 0. The molecule has 0 aliphatic rings. The van der Waals surface area contributed by atoms with Gasteiger partial charge in [0.1, 0.15) is 0 Å². The molecule has 0 nitrogen and oxygen atoms in total. The van der Waals surface area contributed by atoms with Gasteiger partial charge in [-0.05, 0) is 5.30 Å². The summed E-state index contributed by atoms with van der Waals surface area (Å²) < 4.78 is 0. The predicted molar refractivity (Wildman–Crippen MR) is 115 cm³/mol. The molecule has 0 aliphatic heterocycles. The van der Waals surface area contributed by atoms with Crippen LogP contribution in [0.4, 0.5) is 0 Å². The zero-order valence-corrected chi connectivity index (χ0v) is 21.4. The maximum atomic E-state index is 2.63. The van der Waals surface area contributed by atoms with Crippen LogP contribution in [0, 0.1) is 0 Å². The molecule has 0 saturated carbocycles. The first kappa shape index (κ1) is 22.6. The Morgan fingerprint density at radius 1 is 0.909 bits per heavy atom. The van der Waals surface area contributed by atoms with Crippen molar-refractivity contribution in [2.24, 2.45) is 0 Å². The maximum absolute atomic E-state index is 2.63. The molecule has 0 heterocycles. The first-order chi connectivity index (χ1) is 10.6. The summed E-state index contributed by atoms with van der Waals surface area (Å²) in [6, 6.07) is 21.0. The van der Waals surface area contributed by atoms with Gasteiger partial charge < -0.3 is 0 Å². The molecular weight excluding hydrogens is 469 g/mol. The Balaban J connectivity index is 0.000000372. The second kappa shape index (κ2) is 16.5. The molecule has 0 saturated heterocycles. The van der Waals surface area contributed by atoms with Gasteiger partial charge >= 0.3 is 113 Å². The second-order valence-corrected chi connectivity index (χ2v) is 16.2. The Kier molecular flexibility index (Phi) is 17.0. The van der Waals surface area contributed by atoms with Crippen molar-refractivity contribution in [2.75, 3.05) is 6.16 Å². The molecule has 0 fully saturated rings. The number of hydrogen-bond donors (Lipinski definition) is 0. The Bertz CT molecular complexity index is 449. The van der Waals surface area contributed by atoms with Crippen molar-refractivity contribution in [3.8, 4) is 0 Å². The molecule has 0 bridgehead atoms. The van der Waals surface area contributed by atoms with Gasteiger partial charge in [-0.25, -0.2) is 0 Å². The normalized spacial score (nSPS) is 9.91. The van der Waals surface area contributed by atoms with Crippen LogP contribution in [-0.4, -0.2) is 41.7 Å². The third-order valence-electron chi connectivity index (χ3n) is 2.53. The van der Waals surface area contributed by atoms with Crippen LogP contribution in [0.2, 0.25) is 26.6 Å². The summed E-state index contributed by atoms with van der Waals surface area (Å²) in [5.74, 6) is 4.91. The first-order valence-electron chi connectivity index (χ1n) is 7.57. The van der Waals surface area contributed by atoms with Crippen LogP contribution in [0.5, 0.6) is 0 Å². The van der Waals surface area contributed by atoms with Crippen LogP contribution < -0.4 is 10.6 Å². The second-order valence-electron chi connectivity index (χ2n) is 5.16. The van der Waals surface area contributed by atoms with Crippen LogP contribution in [0.1, 0.15) is 0 Å². The number of benzene rings is 2. The molecule has 2 aromatic carbocycles. The van der Waals surface area contributed by atoms with Crippen molar-refractivity contribution < 1.29 is 0 Å². The molecule has 4 heteroatoms. The molecular formula is C18H29GeP2Sn. The minimum atomic E-state index is -0.535. The van der Waals surface area contributed by atoms with E-state index in [2.05, 4.69) is 61.0 Å². The van der Waals surface area contributed by atoms with E-state index in [4.69, 9.17) is 0 Å². The fourth-order valence-electron chi connectivity index (χ4n) is 1.47. The summed E-state index contributed by atoms with van der Waals surface area (Å²) in [5.41, 5.74) is 0. The van der Waals surface area contributed by atoms with Gasteiger partial charge in [0.25, 0.3) is 0 Å². The number of hydrogen-bond acceptors (Lipinski definition) is 0. The standard InChI is InChI=1S/C10H16GeP.C6H7P.2CH3.Sn/c1-11(2)8-9-12-10-6-4-3-5-7-10;7-6-4-2-1-3-5-6;;;/h3-7,12H,8-9H2,1-2H3;1-5H,7H2;2*1H3;. The van der Waals surface area contributed by atoms with Crippen molar-refractivity contribution in [1.29, 1.82) is 0 Å². The van der Waals surface area contributed by atoms with Crippen molar-refractivity contribution in [3.05, 3.63) is 60.7 Å². The van der Waals surface area contributed by atoms with Gasteiger partial charge in [0.2, 0.25) is 0 Å². The SMILES string of the molecule is Pc1ccccc1.[CH3][Ge]([CH3])[CH2]CPc1ccccc1.[CH3][Sn][CH3]. The monoisotopic (exact) mass is 501 g/mol. The van der Waals surface area contributed by atoms with Crippen LogP contribution in [0.25, 0.3) is 0 Å². The minimum absolute atomic E-state index is 0.230. The summed E-state index contributed by atoms with van der Waals surface area (Å²) in [4.78, 5) is 4.59. The van der Waals surface area contributed by atoms with Gasteiger partial charge in [-0.1, -0.05) is 30.3 Å². The Morgan fingerprint density at radius 3 is 1.73 bits per heavy atom. The molecule has 0 amide bonds. The molecule has 2 atom stereocenters. The molecule has 0 aliphatic carbocycles. The van der Waals surface area contributed by atoms with Gasteiger partial charge in [-0.3, -0.25) is 0 Å². The van der Waals surface area contributed by atoms with Crippen molar-refractivity contribution in [2.45, 2.75) is 26.6 Å². The van der Waals surface area contributed by atoms with E-state index in [0.717, 1.165) is 8.58 Å². The van der Waals surface area contributed by atoms with E-state index in [1.54, 1.807) is 0 Å². The van der Waals surface area contributed by atoms with E-state index in [1.807, 2.05) is 30.3 Å². The molecule has 22 heavy (non-hydrogen) atoms. The Morgan fingerprint density at radius 2 is 1.36 bits per heavy atom. The van der Waals surface area contributed by atoms with Crippen LogP contribution >= 0.6 is 17.8 Å². The number of rotatable bonds is 4. The van der Waals surface area contributed by atoms with E-state index >= 15 is 0 Å². The molecule has 0 spiro atoms. The molecule has 2 rings (SSSR count). The van der Waals surface area contributed by atoms with Crippen LogP contribution in [0.15, 0.2) is 60.7 Å². The van der Waals surface area contributed by atoms with E-state index < -0.39 is 14.3 Å². The topological polar surface area (TPSA) is 0 Å². The van der Waals surface area contributed by atoms with Gasteiger partial charge in [0.05, 0.1) is 0 Å². The third-order valence-corrected chi connectivity index (χ3v) is 7.83. The van der Waals surface area contributed by atoms with E-state index in [1.165, 1.54) is 22.0 Å². The van der Waals surface area contributed by atoms with E-state index in [0.29, 0.717) is 0 Å². The summed E-state index contributed by atoms with van der Waals surface area (Å²) in [5, 5.41) is 4.28. The van der Waals surface area contributed by atoms with Gasteiger partial charge in [-0.15, -0.1) is 9.24 Å². The summed E-state index contributed by atoms with van der Waals surface area (Å²) in [7, 11) is 3.67. The zero-order valence-electron chi connectivity index (χ0n) is 14.3. The van der Waals surface area contributed by atoms with Gasteiger partial charge in [0.15, 0.2) is 0 Å². The Labute approximate surface area is 156 Å². The molecule has 2 aromatic rings. The fraction of sp³-hybridized carbons (Fsp3) is 0.333. The average Bonchev–Trinajstić information content (AvgIpc) is 2.50. The molecule has 0 aromatic heterocycles. The molecule has 3 radical (unpaired) electrons. The predicted octanol–water partition coefficient (Wildman–Crippen LogP) is 4.72. The Hall–Kier alpha value is 0.642. The van der Waals surface area contributed by atoms with Crippen molar-refractivity contribution in [3.63, 3.8) is 0 Å². The van der Waals surface area contributed by atoms with Crippen molar-refractivity contribution >= 4 is 63.9 Å². The average molecular weight is 499 g/mol. The zero-order chi connectivity index (χ0) is 16.6. The van der Waals surface area contributed by atoms with Crippen LogP contribution in [0.3, 0.4) is 0 Å². The summed E-state index contributed by atoms with van der Waals surface area (Å²) in [6.07, 6.45) is 1.42. The van der Waals surface area contributed by atoms with Crippen molar-refractivity contribution in [1.82, 2.24) is 0 Å². The fourth-order valence-corrected chi connectivity index (χ4v) is 6.96. The molecule has 2 unspecified atom stereocenters. The van der Waals surface area contributed by atoms with Gasteiger partial charge in [-0.2, -0.15) is 0 Å². The molecule has 119 valence electrons. The summed E-state index contributed by atoms with van der Waals surface area (Å²) >= 11 is -0.305. The van der Waals surface area contributed by atoms with E-state index in [9.17, 15) is 0 Å². The van der Waals surface area contributed by atoms with Crippen LogP contribution in [-0.2, 0) is 0 Å². The third kappa shape index (κ3) is 15.5. The van der Waals surface area contributed by atoms with E-state index in [-0.39, 0.29) is 21.1 Å². The quantitative estimate of drug-likeness (QED) is 0.423. The molecule has 0 N–H and O–H groups in total. The first-order valence-corrected chi connectivity index (χ1v) is 20.7.